The van der Waals surface area contributed by atoms with Crippen LogP contribution in [0.5, 0.6) is 0 Å². The van der Waals surface area contributed by atoms with Crippen molar-refractivity contribution in [3.05, 3.63) is 24.0 Å². The smallest absolute Gasteiger partial charge is 0.225 e. The van der Waals surface area contributed by atoms with Crippen LogP contribution in [0.25, 0.3) is 0 Å². The van der Waals surface area contributed by atoms with Gasteiger partial charge in [-0.2, -0.15) is 0 Å². The number of H-pyrrole nitrogens is 1. The number of aromatic nitrogens is 1. The van der Waals surface area contributed by atoms with Gasteiger partial charge in [0.05, 0.1) is 6.42 Å². The maximum Gasteiger partial charge on any atom is 0.225 e. The van der Waals surface area contributed by atoms with Gasteiger partial charge in [0.15, 0.2) is 0 Å². The molecule has 0 atom stereocenters. The van der Waals surface area contributed by atoms with Gasteiger partial charge in [-0.05, 0) is 24.0 Å². The van der Waals surface area contributed by atoms with E-state index in [0.717, 1.165) is 5.69 Å². The Hall–Kier alpha value is -1.29. The molecule has 1 heterocycles. The number of hydrogen-bond acceptors (Lipinski definition) is 2. The van der Waals surface area contributed by atoms with Crippen molar-refractivity contribution in [3.63, 3.8) is 0 Å². The highest BCUT2D eigenvalue weighted by Crippen LogP contribution is 2.17. The fourth-order valence-electron chi connectivity index (χ4n) is 1.44. The summed E-state index contributed by atoms with van der Waals surface area (Å²) in [6, 6.07) is 3.76. The summed E-state index contributed by atoms with van der Waals surface area (Å²) in [6.45, 7) is 4.79. The quantitative estimate of drug-likeness (QED) is 0.677. The molecule has 0 fully saturated rings. The van der Waals surface area contributed by atoms with Gasteiger partial charge in [-0.1, -0.05) is 13.8 Å². The Morgan fingerprint density at radius 2 is 2.31 bits per heavy atom. The molecule has 1 aromatic heterocycles. The lowest BCUT2D eigenvalue weighted by Crippen LogP contribution is -2.35. The van der Waals surface area contributed by atoms with Crippen LogP contribution < -0.4 is 5.32 Å². The van der Waals surface area contributed by atoms with E-state index in [1.807, 2.05) is 26.0 Å². The molecule has 0 aliphatic carbocycles. The molecule has 0 radical (unpaired) electrons. The number of aliphatic hydroxyl groups excluding tert-OH is 1. The molecule has 0 aliphatic rings. The number of carbonyl (C=O) groups excluding carboxylic acids is 1. The topological polar surface area (TPSA) is 65.1 Å². The summed E-state index contributed by atoms with van der Waals surface area (Å²) >= 11 is 0. The highest BCUT2D eigenvalue weighted by atomic mass is 16.3. The predicted octanol–water partition coefficient (Wildman–Crippen LogP) is 1.08. The zero-order chi connectivity index (χ0) is 12.0. The number of nitrogens with one attached hydrogen (secondary N) is 2. The average molecular weight is 224 g/mol. The van der Waals surface area contributed by atoms with Gasteiger partial charge in [-0.15, -0.1) is 0 Å². The summed E-state index contributed by atoms with van der Waals surface area (Å²) in [4.78, 5) is 14.6. The van der Waals surface area contributed by atoms with E-state index in [1.165, 1.54) is 0 Å². The molecular formula is C12H20N2O2. The number of rotatable bonds is 6. The van der Waals surface area contributed by atoms with Crippen molar-refractivity contribution in [2.75, 3.05) is 13.2 Å². The second kappa shape index (κ2) is 5.70. The van der Waals surface area contributed by atoms with Crippen LogP contribution in [0.3, 0.4) is 0 Å². The fraction of sp³-hybridized carbons (Fsp3) is 0.583. The fourth-order valence-corrected chi connectivity index (χ4v) is 1.44. The van der Waals surface area contributed by atoms with Crippen LogP contribution in [-0.4, -0.2) is 29.1 Å². The number of carbonyl (C=O) groups is 1. The number of amides is 1. The summed E-state index contributed by atoms with van der Waals surface area (Å²) in [5.74, 6) is 0.00784. The summed E-state index contributed by atoms with van der Waals surface area (Å²) in [5, 5.41) is 11.7. The Balaban J connectivity index is 2.30. The molecular weight excluding hydrogens is 204 g/mol. The SMILES string of the molecule is CC(C)(CCO)CNC(=O)Cc1ccc[nH]1. The lowest BCUT2D eigenvalue weighted by atomic mass is 9.90. The largest absolute Gasteiger partial charge is 0.396 e. The molecule has 1 aromatic rings. The van der Waals surface area contributed by atoms with E-state index >= 15 is 0 Å². The van der Waals surface area contributed by atoms with Crippen molar-refractivity contribution in [2.45, 2.75) is 26.7 Å². The Kier molecular flexibility index (Phi) is 4.55. The summed E-state index contributed by atoms with van der Waals surface area (Å²) < 4.78 is 0. The van der Waals surface area contributed by atoms with Crippen molar-refractivity contribution in [3.8, 4) is 0 Å². The lowest BCUT2D eigenvalue weighted by molar-refractivity contribution is -0.121. The molecule has 0 bridgehead atoms. The first kappa shape index (κ1) is 12.8. The van der Waals surface area contributed by atoms with Crippen LogP contribution in [-0.2, 0) is 11.2 Å². The highest BCUT2D eigenvalue weighted by molar-refractivity contribution is 5.78. The molecule has 4 heteroatoms. The first-order valence-corrected chi connectivity index (χ1v) is 5.53. The monoisotopic (exact) mass is 224 g/mol. The third kappa shape index (κ3) is 4.49. The molecule has 0 aromatic carbocycles. The van der Waals surface area contributed by atoms with E-state index in [1.54, 1.807) is 6.20 Å². The van der Waals surface area contributed by atoms with Gasteiger partial charge in [0, 0.05) is 25.0 Å². The molecule has 3 N–H and O–H groups in total. The molecule has 0 spiro atoms. The van der Waals surface area contributed by atoms with Crippen LogP contribution in [0.15, 0.2) is 18.3 Å². The van der Waals surface area contributed by atoms with Gasteiger partial charge in [-0.3, -0.25) is 4.79 Å². The van der Waals surface area contributed by atoms with Crippen LogP contribution in [0.2, 0.25) is 0 Å². The minimum Gasteiger partial charge on any atom is -0.396 e. The average Bonchev–Trinajstić information content (AvgIpc) is 2.68. The van der Waals surface area contributed by atoms with E-state index in [0.29, 0.717) is 19.4 Å². The molecule has 16 heavy (non-hydrogen) atoms. The zero-order valence-corrected chi connectivity index (χ0v) is 9.92. The minimum atomic E-state index is -0.0554. The van der Waals surface area contributed by atoms with Gasteiger partial charge in [0.1, 0.15) is 0 Å². The third-order valence-electron chi connectivity index (χ3n) is 2.57. The normalized spacial score (nSPS) is 11.4. The molecule has 1 rings (SSSR count). The maximum atomic E-state index is 11.6. The second-order valence-electron chi connectivity index (χ2n) is 4.79. The minimum absolute atomic E-state index is 0.00784. The van der Waals surface area contributed by atoms with E-state index in [2.05, 4.69) is 10.3 Å². The van der Waals surface area contributed by atoms with Crippen LogP contribution >= 0.6 is 0 Å². The van der Waals surface area contributed by atoms with E-state index in [9.17, 15) is 4.79 Å². The molecule has 1 amide bonds. The standard InChI is InChI=1S/C12H20N2O2/c1-12(2,5-7-15)9-14-11(16)8-10-4-3-6-13-10/h3-4,6,13,15H,5,7-9H2,1-2H3,(H,14,16). The summed E-state index contributed by atoms with van der Waals surface area (Å²) in [7, 11) is 0. The molecule has 0 saturated heterocycles. The first-order valence-electron chi connectivity index (χ1n) is 5.53. The highest BCUT2D eigenvalue weighted by Gasteiger charge is 2.18. The predicted molar refractivity (Wildman–Crippen MR) is 63.0 cm³/mol. The Morgan fingerprint density at radius 3 is 2.88 bits per heavy atom. The number of aliphatic hydroxyl groups is 1. The van der Waals surface area contributed by atoms with Crippen molar-refractivity contribution in [1.82, 2.24) is 10.3 Å². The lowest BCUT2D eigenvalue weighted by Gasteiger charge is -2.23. The van der Waals surface area contributed by atoms with Crippen molar-refractivity contribution >= 4 is 5.91 Å². The van der Waals surface area contributed by atoms with Gasteiger partial charge < -0.3 is 15.4 Å². The van der Waals surface area contributed by atoms with E-state index in [-0.39, 0.29) is 17.9 Å². The Bertz CT molecular complexity index is 318. The maximum absolute atomic E-state index is 11.6. The Morgan fingerprint density at radius 1 is 1.56 bits per heavy atom. The van der Waals surface area contributed by atoms with Crippen molar-refractivity contribution in [1.29, 1.82) is 0 Å². The molecule has 4 nitrogen and oxygen atoms in total. The zero-order valence-electron chi connectivity index (χ0n) is 9.92. The molecule has 0 saturated carbocycles. The number of aromatic amines is 1. The van der Waals surface area contributed by atoms with Crippen LogP contribution in [0.4, 0.5) is 0 Å². The van der Waals surface area contributed by atoms with Crippen LogP contribution in [0, 0.1) is 5.41 Å². The number of hydrogen-bond donors (Lipinski definition) is 3. The van der Waals surface area contributed by atoms with Gasteiger partial charge in [0.25, 0.3) is 0 Å². The summed E-state index contributed by atoms with van der Waals surface area (Å²) in [6.07, 6.45) is 2.87. The molecule has 0 aliphatic heterocycles. The van der Waals surface area contributed by atoms with Gasteiger partial charge in [-0.25, -0.2) is 0 Å². The molecule has 0 unspecified atom stereocenters. The first-order chi connectivity index (χ1) is 7.53. The van der Waals surface area contributed by atoms with Gasteiger partial charge >= 0.3 is 0 Å². The van der Waals surface area contributed by atoms with E-state index < -0.39 is 0 Å². The second-order valence-corrected chi connectivity index (χ2v) is 4.79. The molecule has 90 valence electrons. The van der Waals surface area contributed by atoms with Crippen LogP contribution in [0.1, 0.15) is 26.0 Å². The van der Waals surface area contributed by atoms with Gasteiger partial charge in [0.2, 0.25) is 5.91 Å². The Labute approximate surface area is 96.1 Å². The van der Waals surface area contributed by atoms with Crippen molar-refractivity contribution in [2.24, 2.45) is 5.41 Å². The van der Waals surface area contributed by atoms with Crippen molar-refractivity contribution < 1.29 is 9.90 Å². The summed E-state index contributed by atoms with van der Waals surface area (Å²) in [5.41, 5.74) is 0.859. The third-order valence-corrected chi connectivity index (χ3v) is 2.57. The van der Waals surface area contributed by atoms with E-state index in [4.69, 9.17) is 5.11 Å².